The van der Waals surface area contributed by atoms with E-state index >= 15 is 0 Å². The van der Waals surface area contributed by atoms with Crippen LogP contribution in [-0.4, -0.2) is 60.2 Å². The van der Waals surface area contributed by atoms with Crippen molar-refractivity contribution in [2.45, 2.75) is 18.9 Å². The molecule has 1 N–H and O–H groups in total. The quantitative estimate of drug-likeness (QED) is 0.835. The molecule has 18 heavy (non-hydrogen) atoms. The van der Waals surface area contributed by atoms with Gasteiger partial charge in [0.2, 0.25) is 5.95 Å². The Kier molecular flexibility index (Phi) is 3.71. The molecule has 2 fully saturated rings. The molecule has 0 amide bonds. The highest BCUT2D eigenvalue weighted by Gasteiger charge is 2.22. The molecule has 5 nitrogen and oxygen atoms in total. The molecule has 3 rings (SSSR count). The summed E-state index contributed by atoms with van der Waals surface area (Å²) in [5.74, 6) is 0.871. The predicted molar refractivity (Wildman–Crippen MR) is 71.7 cm³/mol. The normalized spacial score (nSPS) is 25.6. The van der Waals surface area contributed by atoms with Gasteiger partial charge in [-0.1, -0.05) is 0 Å². The molecule has 0 radical (unpaired) electrons. The maximum atomic E-state index is 4.31. The number of hydrogen-bond acceptors (Lipinski definition) is 5. The summed E-state index contributed by atoms with van der Waals surface area (Å²) in [4.78, 5) is 13.5. The number of rotatable bonds is 3. The van der Waals surface area contributed by atoms with Crippen molar-refractivity contribution in [3.05, 3.63) is 18.5 Å². The molecule has 0 saturated carbocycles. The van der Waals surface area contributed by atoms with Crippen molar-refractivity contribution in [2.75, 3.05) is 44.2 Å². The van der Waals surface area contributed by atoms with Gasteiger partial charge in [0.15, 0.2) is 0 Å². The molecule has 3 heterocycles. The molecular formula is C13H21N5. The molecule has 1 aromatic heterocycles. The number of nitrogens with zero attached hydrogens (tertiary/aromatic N) is 4. The van der Waals surface area contributed by atoms with Crippen LogP contribution in [0.4, 0.5) is 5.95 Å². The fraction of sp³-hybridized carbons (Fsp3) is 0.692. The third kappa shape index (κ3) is 2.79. The highest BCUT2D eigenvalue weighted by molar-refractivity contribution is 5.29. The summed E-state index contributed by atoms with van der Waals surface area (Å²) in [6.45, 7) is 6.71. The fourth-order valence-electron chi connectivity index (χ4n) is 2.81. The number of anilines is 1. The Balaban J connectivity index is 1.49. The van der Waals surface area contributed by atoms with Crippen molar-refractivity contribution in [3.63, 3.8) is 0 Å². The average Bonchev–Trinajstić information content (AvgIpc) is 2.94. The van der Waals surface area contributed by atoms with Crippen LogP contribution in [0.15, 0.2) is 18.5 Å². The summed E-state index contributed by atoms with van der Waals surface area (Å²) in [5.41, 5.74) is 0. The molecule has 2 aliphatic rings. The Morgan fingerprint density at radius 3 is 2.61 bits per heavy atom. The number of nitrogens with one attached hydrogen (secondary N) is 1. The van der Waals surface area contributed by atoms with Gasteiger partial charge in [-0.05, 0) is 25.5 Å². The van der Waals surface area contributed by atoms with Gasteiger partial charge < -0.3 is 10.2 Å². The van der Waals surface area contributed by atoms with Crippen molar-refractivity contribution in [1.82, 2.24) is 20.2 Å². The van der Waals surface area contributed by atoms with Gasteiger partial charge in [0.25, 0.3) is 0 Å². The van der Waals surface area contributed by atoms with Gasteiger partial charge in [0, 0.05) is 51.2 Å². The van der Waals surface area contributed by atoms with Crippen LogP contribution in [0.3, 0.4) is 0 Å². The molecule has 2 aliphatic heterocycles. The second kappa shape index (κ2) is 5.63. The lowest BCUT2D eigenvalue weighted by Gasteiger charge is -2.35. The Morgan fingerprint density at radius 2 is 1.94 bits per heavy atom. The average molecular weight is 247 g/mol. The smallest absolute Gasteiger partial charge is 0.225 e. The van der Waals surface area contributed by atoms with Gasteiger partial charge in [-0.25, -0.2) is 9.97 Å². The van der Waals surface area contributed by atoms with Crippen LogP contribution < -0.4 is 10.2 Å². The lowest BCUT2D eigenvalue weighted by atomic mass is 10.2. The number of hydrogen-bond donors (Lipinski definition) is 1. The summed E-state index contributed by atoms with van der Waals surface area (Å²) < 4.78 is 0. The van der Waals surface area contributed by atoms with Crippen LogP contribution in [0, 0.1) is 0 Å². The first-order chi connectivity index (χ1) is 8.92. The SMILES string of the molecule is c1cnc(N2CCN(C[C@@H]3CCCN3)CC2)nc1. The standard InChI is InChI=1S/C13H21N5/c1-3-12(14-4-1)11-17-7-9-18(10-8-17)13-15-5-2-6-16-13/h2,5-6,12,14H,1,3-4,7-11H2/t12-/m0/s1. The maximum absolute atomic E-state index is 4.31. The second-order valence-electron chi connectivity index (χ2n) is 5.13. The summed E-state index contributed by atoms with van der Waals surface area (Å²) >= 11 is 0. The molecule has 98 valence electrons. The summed E-state index contributed by atoms with van der Waals surface area (Å²) in [6, 6.07) is 2.58. The molecule has 1 aromatic rings. The maximum Gasteiger partial charge on any atom is 0.225 e. The fourth-order valence-corrected chi connectivity index (χ4v) is 2.81. The molecular weight excluding hydrogens is 226 g/mol. The third-order valence-electron chi connectivity index (χ3n) is 3.85. The van der Waals surface area contributed by atoms with E-state index in [9.17, 15) is 0 Å². The van der Waals surface area contributed by atoms with E-state index in [0.29, 0.717) is 6.04 Å². The molecule has 0 spiro atoms. The third-order valence-corrected chi connectivity index (χ3v) is 3.85. The number of aromatic nitrogens is 2. The van der Waals surface area contributed by atoms with E-state index < -0.39 is 0 Å². The highest BCUT2D eigenvalue weighted by atomic mass is 15.3. The minimum Gasteiger partial charge on any atom is -0.338 e. The molecule has 0 unspecified atom stereocenters. The van der Waals surface area contributed by atoms with Gasteiger partial charge in [-0.3, -0.25) is 4.90 Å². The lowest BCUT2D eigenvalue weighted by Crippen LogP contribution is -2.50. The lowest BCUT2D eigenvalue weighted by molar-refractivity contribution is 0.235. The van der Waals surface area contributed by atoms with Crippen LogP contribution in [-0.2, 0) is 0 Å². The van der Waals surface area contributed by atoms with E-state index in [1.165, 1.54) is 25.9 Å². The Bertz CT molecular complexity index is 355. The molecule has 2 saturated heterocycles. The van der Waals surface area contributed by atoms with E-state index in [1.807, 2.05) is 18.5 Å². The first kappa shape index (κ1) is 11.9. The zero-order valence-corrected chi connectivity index (χ0v) is 10.8. The van der Waals surface area contributed by atoms with Crippen molar-refractivity contribution >= 4 is 5.95 Å². The minimum absolute atomic E-state index is 0.713. The van der Waals surface area contributed by atoms with Crippen LogP contribution in [0.5, 0.6) is 0 Å². The van der Waals surface area contributed by atoms with E-state index in [4.69, 9.17) is 0 Å². The first-order valence-corrected chi connectivity index (χ1v) is 6.89. The van der Waals surface area contributed by atoms with Gasteiger partial charge in [0.05, 0.1) is 0 Å². The van der Waals surface area contributed by atoms with Gasteiger partial charge in [0.1, 0.15) is 0 Å². The van der Waals surface area contributed by atoms with E-state index in [0.717, 1.165) is 32.1 Å². The predicted octanol–water partition coefficient (Wildman–Crippen LogP) is 0.351. The van der Waals surface area contributed by atoms with Crippen LogP contribution >= 0.6 is 0 Å². The molecule has 1 atom stereocenters. The van der Waals surface area contributed by atoms with Crippen molar-refractivity contribution in [3.8, 4) is 0 Å². The Hall–Kier alpha value is -1.20. The van der Waals surface area contributed by atoms with Crippen molar-refractivity contribution < 1.29 is 0 Å². The van der Waals surface area contributed by atoms with E-state index in [1.54, 1.807) is 0 Å². The van der Waals surface area contributed by atoms with Crippen molar-refractivity contribution in [1.29, 1.82) is 0 Å². The van der Waals surface area contributed by atoms with Crippen molar-refractivity contribution in [2.24, 2.45) is 0 Å². The summed E-state index contributed by atoms with van der Waals surface area (Å²) in [5, 5.41) is 3.57. The zero-order chi connectivity index (χ0) is 12.2. The summed E-state index contributed by atoms with van der Waals surface area (Å²) in [6.07, 6.45) is 6.30. The number of piperazine rings is 1. The van der Waals surface area contributed by atoms with Gasteiger partial charge >= 0.3 is 0 Å². The molecule has 0 bridgehead atoms. The van der Waals surface area contributed by atoms with E-state index in [-0.39, 0.29) is 0 Å². The zero-order valence-electron chi connectivity index (χ0n) is 10.8. The minimum atomic E-state index is 0.713. The first-order valence-electron chi connectivity index (χ1n) is 6.89. The van der Waals surface area contributed by atoms with Crippen LogP contribution in [0.2, 0.25) is 0 Å². The topological polar surface area (TPSA) is 44.3 Å². The molecule has 5 heteroatoms. The monoisotopic (exact) mass is 247 g/mol. The molecule has 0 aromatic carbocycles. The largest absolute Gasteiger partial charge is 0.338 e. The van der Waals surface area contributed by atoms with E-state index in [2.05, 4.69) is 25.1 Å². The molecule has 0 aliphatic carbocycles. The van der Waals surface area contributed by atoms with Crippen LogP contribution in [0.25, 0.3) is 0 Å². The van der Waals surface area contributed by atoms with Gasteiger partial charge in [-0.15, -0.1) is 0 Å². The Morgan fingerprint density at radius 1 is 1.17 bits per heavy atom. The summed E-state index contributed by atoms with van der Waals surface area (Å²) in [7, 11) is 0. The Labute approximate surface area is 108 Å². The second-order valence-corrected chi connectivity index (χ2v) is 5.13. The highest BCUT2D eigenvalue weighted by Crippen LogP contribution is 2.12. The van der Waals surface area contributed by atoms with Crippen LogP contribution in [0.1, 0.15) is 12.8 Å². The van der Waals surface area contributed by atoms with Gasteiger partial charge in [-0.2, -0.15) is 0 Å².